The van der Waals surface area contributed by atoms with E-state index in [1.165, 1.54) is 147 Å². The van der Waals surface area contributed by atoms with Crippen LogP contribution in [0.1, 0.15) is 147 Å². The third kappa shape index (κ3) is 21.0. The summed E-state index contributed by atoms with van der Waals surface area (Å²) in [5.41, 5.74) is 48.1. The molecule has 0 bridgehead atoms. The maximum atomic E-state index is 5.04. The second kappa shape index (κ2) is 43.7. The molecule has 0 atom stereocenters. The van der Waals surface area contributed by atoms with Crippen LogP contribution in [0.25, 0.3) is 201 Å². The predicted molar refractivity (Wildman–Crippen MR) is 586 cm³/mol. The van der Waals surface area contributed by atoms with Gasteiger partial charge >= 0.3 is 40.2 Å². The number of pyridine rings is 4. The molecule has 19 aromatic rings. The molecule has 4 fully saturated rings. The molecule has 0 saturated heterocycles. The molecule has 23 rings (SSSR count). The fourth-order valence-electron chi connectivity index (χ4n) is 23.2. The second-order valence-electron chi connectivity index (χ2n) is 40.5. The third-order valence-electron chi connectivity index (χ3n) is 31.2. The van der Waals surface area contributed by atoms with Crippen LogP contribution in [-0.2, 0) is 65.9 Å². The van der Waals surface area contributed by atoms with Crippen molar-refractivity contribution in [2.24, 2.45) is 23.7 Å². The maximum absolute atomic E-state index is 5.04. The van der Waals surface area contributed by atoms with Crippen LogP contribution in [-0.4, -0.2) is 29.9 Å². The Hall–Kier alpha value is -13.9. The van der Waals surface area contributed by atoms with E-state index in [4.69, 9.17) is 29.9 Å². The van der Waals surface area contributed by atoms with Crippen LogP contribution in [0.2, 0.25) is 0 Å². The van der Waals surface area contributed by atoms with E-state index in [2.05, 4.69) is 410 Å². The van der Waals surface area contributed by atoms with Crippen LogP contribution in [0.15, 0.2) is 353 Å². The SMILES string of the molecule is Cc1cc(-c2[c-]cc(-c3ccccc3-c3cc(-c4ccccc4-c4c[c-]c(-c5cc(-c6[c-]cc(-c7ccccc7-c7cc(-c8ccccc8-c8c[c-]c(-c9cc(C)c(CC%10CCCC%10)cn9)cc8)cc(-c8ccccc8-c8c[c-]c(-c9cc(C)c(CC%10CCCC%10)cn9)cc8)c7)cc6)ncn5)cc4)cc(-c4ccccc4-c4c[c-]c(-c5cc(C)c(CC6CCCC6)cn5)cc4)c3)cc2)ncc1CC1CCCC1.[Ir+3].[Ir+3]. The molecule has 14 aromatic carbocycles. The first-order chi connectivity index (χ1) is 69.9. The first-order valence-corrected chi connectivity index (χ1v) is 51.6. The van der Waals surface area contributed by atoms with Crippen molar-refractivity contribution in [3.05, 3.63) is 434 Å². The average Bonchev–Trinajstić information content (AvgIpc) is 0.804. The average molecular weight is 2220 g/mol. The molecule has 0 radical (unpaired) electrons. The summed E-state index contributed by atoms with van der Waals surface area (Å²) in [6.45, 7) is 8.97. The fourth-order valence-corrected chi connectivity index (χ4v) is 23.2. The minimum atomic E-state index is 0. The molecule has 8 heteroatoms. The standard InChI is InChI=1S/C136H114N6.2Ir/c1-89-69-131(137-84-115(89)73-93-25-5-6-26-93)103-57-45-97(46-58-103)119-33-13-19-39-125(119)109-77-110(126-40-20-14-34-120(126)98-47-59-104(60-48-98)132-70-90(2)116(85-138-132)74-94-27-7-8-28-94)80-113(79-109)129-43-23-17-37-123(129)101-53-65-107(66-54-101)135-83-136(142-88-141-135)108-67-55-102(56-68-108)124-38-18-24-44-130(124)114-81-111(127-41-21-15-35-121(127)99-49-61-105(62-50-99)133-71-91(3)117(86-139-133)75-95-29-9-10-30-95)78-112(82-114)128-42-22-16-36-122(128)100-51-63-106(64-52-100)134-72-92(4)118(87-140-134)76-96-31-11-12-32-96;;/h13-24,33-57,59,61,63,65,67,69-72,77-88,93-96H,5-12,25-32,73-76H2,1-4H3;;/q-6;2*+3. The normalized spacial score (nSPS) is 14.0. The summed E-state index contributed by atoms with van der Waals surface area (Å²) in [4.78, 5) is 30.0. The smallest absolute Gasteiger partial charge is 0.304 e. The van der Waals surface area contributed by atoms with Crippen molar-refractivity contribution in [1.82, 2.24) is 29.9 Å². The van der Waals surface area contributed by atoms with E-state index in [1.807, 2.05) is 0 Å². The van der Waals surface area contributed by atoms with Crippen LogP contribution in [0, 0.1) is 87.8 Å². The van der Waals surface area contributed by atoms with E-state index >= 15 is 0 Å². The number of hydrogen-bond acceptors (Lipinski definition) is 6. The van der Waals surface area contributed by atoms with Crippen LogP contribution in [0.3, 0.4) is 0 Å². The van der Waals surface area contributed by atoms with Crippen molar-refractivity contribution < 1.29 is 40.2 Å². The number of benzene rings is 14. The van der Waals surface area contributed by atoms with Crippen LogP contribution < -0.4 is 0 Å². The van der Waals surface area contributed by atoms with Crippen molar-refractivity contribution in [1.29, 1.82) is 0 Å². The fraction of sp³-hybridized carbons (Fsp3) is 0.206. The summed E-state index contributed by atoms with van der Waals surface area (Å²) in [5, 5.41) is 0. The first kappa shape index (κ1) is 96.2. The second-order valence-corrected chi connectivity index (χ2v) is 40.5. The van der Waals surface area contributed by atoms with E-state index < -0.39 is 0 Å². The van der Waals surface area contributed by atoms with Gasteiger partial charge in [-0.05, 0) is 237 Å². The topological polar surface area (TPSA) is 77.3 Å². The minimum Gasteiger partial charge on any atom is -0.304 e. The van der Waals surface area contributed by atoms with E-state index in [0.717, 1.165) is 250 Å². The largest absolute Gasteiger partial charge is 3.00 e. The molecular formula is C136H114Ir2N6. The van der Waals surface area contributed by atoms with Crippen molar-refractivity contribution in [3.8, 4) is 201 Å². The Kier molecular flexibility index (Phi) is 29.2. The van der Waals surface area contributed by atoms with Gasteiger partial charge in [-0.1, -0.05) is 368 Å². The summed E-state index contributed by atoms with van der Waals surface area (Å²) in [5.74, 6) is 3.05. The summed E-state index contributed by atoms with van der Waals surface area (Å²) in [6.07, 6.45) is 35.9. The Balaban J connectivity index is 0.00000611. The monoisotopic (exact) mass is 2220 g/mol. The van der Waals surface area contributed by atoms with Gasteiger partial charge in [0.15, 0.2) is 0 Å². The van der Waals surface area contributed by atoms with Gasteiger partial charge in [-0.3, -0.25) is 9.97 Å². The van der Waals surface area contributed by atoms with Gasteiger partial charge in [0.05, 0.1) is 6.33 Å². The summed E-state index contributed by atoms with van der Waals surface area (Å²) < 4.78 is 0. The zero-order valence-corrected chi connectivity index (χ0v) is 87.1. The van der Waals surface area contributed by atoms with Gasteiger partial charge in [-0.15, -0.1) is 179 Å². The molecule has 0 aliphatic heterocycles. The molecule has 0 N–H and O–H groups in total. The van der Waals surface area contributed by atoms with Gasteiger partial charge in [0.25, 0.3) is 0 Å². The quantitative estimate of drug-likeness (QED) is 0.0503. The van der Waals surface area contributed by atoms with Gasteiger partial charge in [0, 0.05) is 24.8 Å². The number of aromatic nitrogens is 6. The molecule has 0 amide bonds. The van der Waals surface area contributed by atoms with Crippen molar-refractivity contribution in [2.75, 3.05) is 0 Å². The third-order valence-corrected chi connectivity index (χ3v) is 31.2. The molecule has 4 aliphatic carbocycles. The summed E-state index contributed by atoms with van der Waals surface area (Å²) >= 11 is 0. The van der Waals surface area contributed by atoms with Crippen molar-refractivity contribution in [3.63, 3.8) is 0 Å². The molecule has 6 nitrogen and oxygen atoms in total. The van der Waals surface area contributed by atoms with Crippen molar-refractivity contribution in [2.45, 2.75) is 156 Å². The molecule has 4 saturated carbocycles. The molecule has 5 aromatic heterocycles. The Morgan fingerprint density at radius 2 is 0.361 bits per heavy atom. The van der Waals surface area contributed by atoms with E-state index in [9.17, 15) is 0 Å². The Morgan fingerprint density at radius 1 is 0.194 bits per heavy atom. The van der Waals surface area contributed by atoms with Gasteiger partial charge in [0.2, 0.25) is 0 Å². The van der Waals surface area contributed by atoms with Crippen LogP contribution in [0.5, 0.6) is 0 Å². The molecule has 0 spiro atoms. The molecule has 4 aliphatic rings. The number of aryl methyl sites for hydroxylation is 4. The maximum Gasteiger partial charge on any atom is 3.00 e. The summed E-state index contributed by atoms with van der Waals surface area (Å²) in [7, 11) is 0. The number of hydrogen-bond donors (Lipinski definition) is 0. The molecule has 706 valence electrons. The van der Waals surface area contributed by atoms with E-state index in [0.29, 0.717) is 0 Å². The zero-order valence-electron chi connectivity index (χ0n) is 82.3. The Morgan fingerprint density at radius 3 is 0.521 bits per heavy atom. The first-order valence-electron chi connectivity index (χ1n) is 51.6. The molecule has 144 heavy (non-hydrogen) atoms. The van der Waals surface area contributed by atoms with E-state index in [1.54, 1.807) is 6.33 Å². The van der Waals surface area contributed by atoms with Crippen LogP contribution in [0.4, 0.5) is 0 Å². The van der Waals surface area contributed by atoms with Gasteiger partial charge in [-0.25, -0.2) is 0 Å². The molecule has 5 heterocycles. The van der Waals surface area contributed by atoms with E-state index in [-0.39, 0.29) is 40.2 Å². The van der Waals surface area contributed by atoms with Crippen molar-refractivity contribution >= 4 is 0 Å². The van der Waals surface area contributed by atoms with Gasteiger partial charge in [-0.2, -0.15) is 0 Å². The Labute approximate surface area is 877 Å². The zero-order chi connectivity index (χ0) is 95.4. The molecular weight excluding hydrogens is 2100 g/mol. The summed E-state index contributed by atoms with van der Waals surface area (Å²) in [6, 6.07) is 140. The van der Waals surface area contributed by atoms with Gasteiger partial charge < -0.3 is 19.9 Å². The predicted octanol–water partition coefficient (Wildman–Crippen LogP) is 35.0. The van der Waals surface area contributed by atoms with Crippen LogP contribution >= 0.6 is 0 Å². The van der Waals surface area contributed by atoms with Gasteiger partial charge in [0.1, 0.15) is 0 Å². The molecule has 0 unspecified atom stereocenters. The minimum absolute atomic E-state index is 0. The number of nitrogens with zero attached hydrogens (tertiary/aromatic N) is 6. The number of rotatable bonds is 26. The Bertz CT molecular complexity index is 7010.